The fourth-order valence-electron chi connectivity index (χ4n) is 2.51. The topological polar surface area (TPSA) is 20.7 Å². The fourth-order valence-corrected chi connectivity index (χ4v) is 3.24. The molecular weight excluding hydrogens is 344 g/mol. The number of aromatic nitrogens is 2. The van der Waals surface area contributed by atoms with Gasteiger partial charge in [-0.15, -0.1) is 0 Å². The lowest BCUT2D eigenvalue weighted by atomic mass is 10.1. The standard InChI is InChI=1S/C17H15BrN2S/c1-12(14-8-5-9-15(18)10-14)20-16(11-19-17(20)21)13-6-3-2-4-7-13/h2-12H,1H3,(H,19,21). The van der Waals surface area contributed by atoms with E-state index in [1.807, 2.05) is 36.5 Å². The molecule has 1 unspecified atom stereocenters. The summed E-state index contributed by atoms with van der Waals surface area (Å²) >= 11 is 9.01. The van der Waals surface area contributed by atoms with E-state index in [4.69, 9.17) is 12.2 Å². The molecular formula is C17H15BrN2S. The van der Waals surface area contributed by atoms with E-state index in [0.717, 1.165) is 20.5 Å². The highest BCUT2D eigenvalue weighted by molar-refractivity contribution is 9.10. The zero-order valence-corrected chi connectivity index (χ0v) is 14.0. The van der Waals surface area contributed by atoms with E-state index >= 15 is 0 Å². The Balaban J connectivity index is 2.11. The first-order valence-electron chi connectivity index (χ1n) is 6.77. The monoisotopic (exact) mass is 358 g/mol. The van der Waals surface area contributed by atoms with Crippen LogP contribution in [0.5, 0.6) is 0 Å². The molecule has 4 heteroatoms. The SMILES string of the molecule is CC(c1cccc(Br)c1)n1c(-c2ccccc2)c[nH]c1=S. The maximum atomic E-state index is 5.48. The summed E-state index contributed by atoms with van der Waals surface area (Å²) in [5.74, 6) is 0. The number of H-pyrrole nitrogens is 1. The lowest BCUT2D eigenvalue weighted by Crippen LogP contribution is -2.08. The molecule has 0 aliphatic heterocycles. The van der Waals surface area contributed by atoms with Gasteiger partial charge in [0.2, 0.25) is 0 Å². The highest BCUT2D eigenvalue weighted by atomic mass is 79.9. The summed E-state index contributed by atoms with van der Waals surface area (Å²) < 4.78 is 3.98. The third kappa shape index (κ3) is 2.87. The number of nitrogens with one attached hydrogen (secondary N) is 1. The van der Waals surface area contributed by atoms with Gasteiger partial charge in [0.25, 0.3) is 0 Å². The maximum Gasteiger partial charge on any atom is 0.178 e. The van der Waals surface area contributed by atoms with Crippen molar-refractivity contribution in [1.29, 1.82) is 0 Å². The molecule has 0 saturated carbocycles. The summed E-state index contributed by atoms with van der Waals surface area (Å²) in [6, 6.07) is 18.8. The van der Waals surface area contributed by atoms with Crippen molar-refractivity contribution in [1.82, 2.24) is 9.55 Å². The molecule has 0 amide bonds. The normalized spacial score (nSPS) is 12.3. The average molecular weight is 359 g/mol. The number of imidazole rings is 1. The third-order valence-electron chi connectivity index (χ3n) is 3.60. The number of halogens is 1. The second-order valence-electron chi connectivity index (χ2n) is 4.95. The van der Waals surface area contributed by atoms with Crippen LogP contribution >= 0.6 is 28.1 Å². The summed E-state index contributed by atoms with van der Waals surface area (Å²) in [4.78, 5) is 3.17. The minimum Gasteiger partial charge on any atom is -0.337 e. The van der Waals surface area contributed by atoms with Crippen LogP contribution in [0.2, 0.25) is 0 Å². The van der Waals surface area contributed by atoms with Crippen molar-refractivity contribution in [3.05, 3.63) is 75.6 Å². The highest BCUT2D eigenvalue weighted by Crippen LogP contribution is 2.28. The minimum atomic E-state index is 0.163. The first kappa shape index (κ1) is 14.3. The second-order valence-corrected chi connectivity index (χ2v) is 6.25. The van der Waals surface area contributed by atoms with Gasteiger partial charge in [-0.2, -0.15) is 0 Å². The molecule has 1 heterocycles. The van der Waals surface area contributed by atoms with Crippen LogP contribution in [0.3, 0.4) is 0 Å². The van der Waals surface area contributed by atoms with E-state index in [1.165, 1.54) is 5.56 Å². The van der Waals surface area contributed by atoms with Crippen LogP contribution in [0, 0.1) is 4.77 Å². The quantitative estimate of drug-likeness (QED) is 0.605. The number of rotatable bonds is 3. The van der Waals surface area contributed by atoms with Crippen molar-refractivity contribution in [3.63, 3.8) is 0 Å². The molecule has 0 radical (unpaired) electrons. The van der Waals surface area contributed by atoms with Crippen molar-refractivity contribution >= 4 is 28.1 Å². The van der Waals surface area contributed by atoms with Crippen LogP contribution < -0.4 is 0 Å². The molecule has 0 fully saturated rings. The molecule has 3 aromatic rings. The highest BCUT2D eigenvalue weighted by Gasteiger charge is 2.14. The fraction of sp³-hybridized carbons (Fsp3) is 0.118. The Kier molecular flexibility index (Phi) is 4.08. The van der Waals surface area contributed by atoms with Crippen LogP contribution in [0.15, 0.2) is 65.3 Å². The van der Waals surface area contributed by atoms with Gasteiger partial charge in [0, 0.05) is 10.7 Å². The largest absolute Gasteiger partial charge is 0.337 e. The van der Waals surface area contributed by atoms with E-state index in [2.05, 4.69) is 56.7 Å². The molecule has 1 aromatic heterocycles. The van der Waals surface area contributed by atoms with Gasteiger partial charge in [-0.3, -0.25) is 0 Å². The third-order valence-corrected chi connectivity index (χ3v) is 4.41. The molecule has 0 aliphatic carbocycles. The lowest BCUT2D eigenvalue weighted by Gasteiger charge is -2.17. The van der Waals surface area contributed by atoms with Gasteiger partial charge in [0.05, 0.1) is 11.7 Å². The smallest absolute Gasteiger partial charge is 0.178 e. The van der Waals surface area contributed by atoms with Crippen molar-refractivity contribution < 1.29 is 0 Å². The van der Waals surface area contributed by atoms with E-state index in [0.29, 0.717) is 0 Å². The number of aromatic amines is 1. The Morgan fingerprint density at radius 1 is 1.10 bits per heavy atom. The molecule has 0 bridgehead atoms. The first-order valence-corrected chi connectivity index (χ1v) is 7.98. The average Bonchev–Trinajstić information content (AvgIpc) is 2.89. The first-order chi connectivity index (χ1) is 10.2. The predicted molar refractivity (Wildman–Crippen MR) is 93.0 cm³/mol. The van der Waals surface area contributed by atoms with Crippen LogP contribution in [-0.2, 0) is 0 Å². The van der Waals surface area contributed by atoms with Gasteiger partial charge < -0.3 is 9.55 Å². The van der Waals surface area contributed by atoms with Crippen LogP contribution in [-0.4, -0.2) is 9.55 Å². The van der Waals surface area contributed by atoms with Gasteiger partial charge in [0.1, 0.15) is 0 Å². The van der Waals surface area contributed by atoms with E-state index in [9.17, 15) is 0 Å². The van der Waals surface area contributed by atoms with Gasteiger partial charge in [-0.05, 0) is 42.4 Å². The number of nitrogens with zero attached hydrogens (tertiary/aromatic N) is 1. The van der Waals surface area contributed by atoms with Crippen molar-refractivity contribution in [2.24, 2.45) is 0 Å². The zero-order valence-electron chi connectivity index (χ0n) is 11.6. The summed E-state index contributed by atoms with van der Waals surface area (Å²) in [7, 11) is 0. The van der Waals surface area contributed by atoms with Gasteiger partial charge >= 0.3 is 0 Å². The predicted octanol–water partition coefficient (Wildman–Crippen LogP) is 5.58. The molecule has 21 heavy (non-hydrogen) atoms. The maximum absolute atomic E-state index is 5.48. The van der Waals surface area contributed by atoms with E-state index in [-0.39, 0.29) is 6.04 Å². The zero-order chi connectivity index (χ0) is 14.8. The minimum absolute atomic E-state index is 0.163. The molecule has 2 nitrogen and oxygen atoms in total. The number of benzene rings is 2. The second kappa shape index (κ2) is 6.00. The molecule has 1 atom stereocenters. The summed E-state index contributed by atoms with van der Waals surface area (Å²) in [6.07, 6.45) is 1.98. The molecule has 0 aliphatic rings. The van der Waals surface area contributed by atoms with Crippen molar-refractivity contribution in [3.8, 4) is 11.3 Å². The molecule has 2 aromatic carbocycles. The molecule has 1 N–H and O–H groups in total. The number of hydrogen-bond acceptors (Lipinski definition) is 1. The van der Waals surface area contributed by atoms with Crippen molar-refractivity contribution in [2.45, 2.75) is 13.0 Å². The van der Waals surface area contributed by atoms with Gasteiger partial charge in [-0.25, -0.2) is 0 Å². The summed E-state index contributed by atoms with van der Waals surface area (Å²) in [6.45, 7) is 2.16. The summed E-state index contributed by atoms with van der Waals surface area (Å²) in [5, 5.41) is 0. The Morgan fingerprint density at radius 2 is 1.86 bits per heavy atom. The Hall–Kier alpha value is -1.65. The summed E-state index contributed by atoms with van der Waals surface area (Å²) in [5.41, 5.74) is 3.48. The molecule has 0 saturated heterocycles. The molecule has 0 spiro atoms. The van der Waals surface area contributed by atoms with E-state index in [1.54, 1.807) is 0 Å². The number of hydrogen-bond donors (Lipinski definition) is 1. The van der Waals surface area contributed by atoms with Gasteiger partial charge in [-0.1, -0.05) is 58.4 Å². The molecule has 3 rings (SSSR count). The van der Waals surface area contributed by atoms with Gasteiger partial charge in [0.15, 0.2) is 4.77 Å². The van der Waals surface area contributed by atoms with Crippen molar-refractivity contribution in [2.75, 3.05) is 0 Å². The van der Waals surface area contributed by atoms with Crippen LogP contribution in [0.4, 0.5) is 0 Å². The molecule has 106 valence electrons. The Labute approximate surface area is 137 Å². The van der Waals surface area contributed by atoms with Crippen LogP contribution in [0.1, 0.15) is 18.5 Å². The Morgan fingerprint density at radius 3 is 2.57 bits per heavy atom. The van der Waals surface area contributed by atoms with E-state index < -0.39 is 0 Å². The Bertz CT molecular complexity index is 805. The lowest BCUT2D eigenvalue weighted by molar-refractivity contribution is 0.636. The van der Waals surface area contributed by atoms with Crippen LogP contribution in [0.25, 0.3) is 11.3 Å².